The average molecular weight is 319 g/mol. The van der Waals surface area contributed by atoms with Crippen molar-refractivity contribution in [3.8, 4) is 5.75 Å². The molecule has 0 amide bonds. The molecule has 1 aromatic carbocycles. The van der Waals surface area contributed by atoms with Gasteiger partial charge in [-0.05, 0) is 60.9 Å². The molecule has 4 heteroatoms. The average Bonchev–Trinajstić information content (AvgIpc) is 3.08. The maximum atomic E-state index is 13.2. The zero-order valence-electron chi connectivity index (χ0n) is 13.4. The molecular formula is C20H17NO3. The number of aromatic nitrogens is 1. The summed E-state index contributed by atoms with van der Waals surface area (Å²) in [5.41, 5.74) is 3.64. The lowest BCUT2D eigenvalue weighted by molar-refractivity contribution is 0.0972. The zero-order chi connectivity index (χ0) is 16.7. The number of ether oxygens (including phenoxy) is 1. The molecule has 0 spiro atoms. The highest BCUT2D eigenvalue weighted by atomic mass is 16.5. The number of rotatable bonds is 3. The first-order valence-electron chi connectivity index (χ1n) is 8.04. The van der Waals surface area contributed by atoms with Gasteiger partial charge in [-0.15, -0.1) is 0 Å². The van der Waals surface area contributed by atoms with Crippen molar-refractivity contribution in [3.05, 3.63) is 71.0 Å². The number of pyridine rings is 1. The van der Waals surface area contributed by atoms with Crippen molar-refractivity contribution in [1.29, 1.82) is 0 Å². The van der Waals surface area contributed by atoms with E-state index in [1.807, 2.05) is 28.8 Å². The van der Waals surface area contributed by atoms with E-state index in [0.29, 0.717) is 29.0 Å². The van der Waals surface area contributed by atoms with E-state index < -0.39 is 0 Å². The topological polar surface area (TPSA) is 47.8 Å². The summed E-state index contributed by atoms with van der Waals surface area (Å²) in [6.45, 7) is 0. The summed E-state index contributed by atoms with van der Waals surface area (Å²) in [7, 11) is 1.60. The minimum atomic E-state index is -0.0644. The summed E-state index contributed by atoms with van der Waals surface area (Å²) < 4.78 is 7.05. The highest BCUT2D eigenvalue weighted by molar-refractivity contribution is 6.12. The van der Waals surface area contributed by atoms with Crippen molar-refractivity contribution in [2.45, 2.75) is 19.3 Å². The number of methoxy groups -OCH3 is 1. The maximum Gasteiger partial charge on any atom is 0.210 e. The molecule has 0 atom stereocenters. The normalized spacial score (nSPS) is 13.8. The molecule has 0 fully saturated rings. The van der Waals surface area contributed by atoms with Crippen LogP contribution in [0.2, 0.25) is 0 Å². The summed E-state index contributed by atoms with van der Waals surface area (Å²) in [6.07, 6.45) is 3.99. The van der Waals surface area contributed by atoms with Crippen LogP contribution in [0.25, 0.3) is 5.52 Å². The Labute approximate surface area is 139 Å². The van der Waals surface area contributed by atoms with E-state index in [1.54, 1.807) is 31.4 Å². The first-order valence-corrected chi connectivity index (χ1v) is 8.04. The fourth-order valence-electron chi connectivity index (χ4n) is 3.41. The van der Waals surface area contributed by atoms with Gasteiger partial charge in [0.1, 0.15) is 5.75 Å². The first-order chi connectivity index (χ1) is 11.7. The Morgan fingerprint density at radius 1 is 1.12 bits per heavy atom. The van der Waals surface area contributed by atoms with Crippen molar-refractivity contribution in [1.82, 2.24) is 4.40 Å². The second-order valence-electron chi connectivity index (χ2n) is 6.02. The van der Waals surface area contributed by atoms with Crippen LogP contribution in [0.5, 0.6) is 5.75 Å². The van der Waals surface area contributed by atoms with Gasteiger partial charge in [-0.1, -0.05) is 0 Å². The van der Waals surface area contributed by atoms with Crippen LogP contribution in [0, 0.1) is 0 Å². The third kappa shape index (κ3) is 2.22. The second kappa shape index (κ2) is 5.64. The van der Waals surface area contributed by atoms with Crippen LogP contribution >= 0.6 is 0 Å². The van der Waals surface area contributed by atoms with Gasteiger partial charge in [0.15, 0.2) is 5.78 Å². The number of Topliss-reactive ketones (excluding diaryl/α,β-unsaturated/α-hetero) is 1. The molecule has 4 nitrogen and oxygen atoms in total. The van der Waals surface area contributed by atoms with Crippen LogP contribution in [0.1, 0.15) is 44.8 Å². The van der Waals surface area contributed by atoms with Gasteiger partial charge >= 0.3 is 0 Å². The fraction of sp³-hybridized carbons (Fsp3) is 0.200. The number of ketones is 2. The Kier molecular flexibility index (Phi) is 3.45. The summed E-state index contributed by atoms with van der Waals surface area (Å²) >= 11 is 0. The van der Waals surface area contributed by atoms with E-state index in [1.165, 1.54) is 0 Å². The number of nitrogens with zero attached hydrogens (tertiary/aromatic N) is 1. The Hall–Kier alpha value is -2.88. The molecular weight excluding hydrogens is 302 g/mol. The van der Waals surface area contributed by atoms with Crippen LogP contribution in [0.4, 0.5) is 0 Å². The van der Waals surface area contributed by atoms with E-state index >= 15 is 0 Å². The lowest BCUT2D eigenvalue weighted by Crippen LogP contribution is -2.19. The largest absolute Gasteiger partial charge is 0.497 e. The van der Waals surface area contributed by atoms with Gasteiger partial charge in [-0.3, -0.25) is 9.59 Å². The molecule has 3 aromatic rings. The van der Waals surface area contributed by atoms with Crippen LogP contribution in [-0.4, -0.2) is 23.1 Å². The summed E-state index contributed by atoms with van der Waals surface area (Å²) in [5, 5.41) is 0. The molecule has 2 heterocycles. The molecule has 0 N–H and O–H groups in total. The van der Waals surface area contributed by atoms with E-state index in [-0.39, 0.29) is 11.6 Å². The molecule has 0 radical (unpaired) electrons. The number of hydrogen-bond acceptors (Lipinski definition) is 3. The molecule has 120 valence electrons. The quantitative estimate of drug-likeness (QED) is 0.692. The van der Waals surface area contributed by atoms with Crippen LogP contribution in [-0.2, 0) is 6.42 Å². The van der Waals surface area contributed by atoms with Gasteiger partial charge in [0, 0.05) is 29.3 Å². The van der Waals surface area contributed by atoms with E-state index in [9.17, 15) is 9.59 Å². The van der Waals surface area contributed by atoms with Crippen LogP contribution < -0.4 is 4.74 Å². The van der Waals surface area contributed by atoms with Crippen molar-refractivity contribution < 1.29 is 14.3 Å². The Morgan fingerprint density at radius 3 is 2.67 bits per heavy atom. The predicted molar refractivity (Wildman–Crippen MR) is 91.1 cm³/mol. The molecule has 0 saturated carbocycles. The summed E-state index contributed by atoms with van der Waals surface area (Å²) in [6, 6.07) is 12.8. The molecule has 1 aliphatic rings. The van der Waals surface area contributed by atoms with Gasteiger partial charge in [-0.2, -0.15) is 0 Å². The highest BCUT2D eigenvalue weighted by Crippen LogP contribution is 2.29. The Bertz CT molecular complexity index is 951. The molecule has 0 unspecified atom stereocenters. The van der Waals surface area contributed by atoms with Gasteiger partial charge in [0.2, 0.25) is 5.78 Å². The fourth-order valence-corrected chi connectivity index (χ4v) is 3.41. The molecule has 1 aliphatic carbocycles. The SMILES string of the molecule is COc1ccc(C(=O)c2c3c(cc4cccn24)C(=O)CCC3)cc1. The molecule has 24 heavy (non-hydrogen) atoms. The van der Waals surface area contributed by atoms with Gasteiger partial charge in [0.25, 0.3) is 0 Å². The van der Waals surface area contributed by atoms with Crippen molar-refractivity contribution in [2.75, 3.05) is 7.11 Å². The minimum Gasteiger partial charge on any atom is -0.497 e. The van der Waals surface area contributed by atoms with Crippen LogP contribution in [0.3, 0.4) is 0 Å². The minimum absolute atomic E-state index is 0.0644. The van der Waals surface area contributed by atoms with Crippen molar-refractivity contribution in [2.24, 2.45) is 0 Å². The Morgan fingerprint density at radius 2 is 1.92 bits per heavy atom. The molecule has 2 aromatic heterocycles. The standard InChI is InChI=1S/C20H17NO3/c1-24-15-9-7-13(8-10-15)20(23)19-16-5-2-6-18(22)17(16)12-14-4-3-11-21(14)19/h3-4,7-12H,2,5-6H2,1H3. The van der Waals surface area contributed by atoms with Crippen molar-refractivity contribution in [3.63, 3.8) is 0 Å². The number of benzene rings is 1. The summed E-state index contributed by atoms with van der Waals surface area (Å²) in [4.78, 5) is 25.5. The molecule has 0 bridgehead atoms. The number of hydrogen-bond donors (Lipinski definition) is 0. The lowest BCUT2D eigenvalue weighted by atomic mass is 9.87. The first kappa shape index (κ1) is 14.7. The number of fused-ring (bicyclic) bond motifs is 2. The third-order valence-electron chi connectivity index (χ3n) is 4.62. The maximum absolute atomic E-state index is 13.2. The molecule has 0 saturated heterocycles. The highest BCUT2D eigenvalue weighted by Gasteiger charge is 2.26. The smallest absolute Gasteiger partial charge is 0.210 e. The van der Waals surface area contributed by atoms with E-state index in [2.05, 4.69) is 0 Å². The predicted octanol–water partition coefficient (Wildman–Crippen LogP) is 3.70. The van der Waals surface area contributed by atoms with Gasteiger partial charge in [0.05, 0.1) is 12.8 Å². The number of carbonyl (C=O) groups is 2. The van der Waals surface area contributed by atoms with Crippen LogP contribution in [0.15, 0.2) is 48.7 Å². The molecule has 0 aliphatic heterocycles. The monoisotopic (exact) mass is 319 g/mol. The second-order valence-corrected chi connectivity index (χ2v) is 6.02. The van der Waals surface area contributed by atoms with Crippen molar-refractivity contribution >= 4 is 17.1 Å². The zero-order valence-corrected chi connectivity index (χ0v) is 13.4. The van der Waals surface area contributed by atoms with Gasteiger partial charge in [-0.25, -0.2) is 0 Å². The van der Waals surface area contributed by atoms with E-state index in [0.717, 1.165) is 23.9 Å². The summed E-state index contributed by atoms with van der Waals surface area (Å²) in [5.74, 6) is 0.775. The van der Waals surface area contributed by atoms with Gasteiger partial charge < -0.3 is 9.14 Å². The number of carbonyl (C=O) groups excluding carboxylic acids is 2. The Balaban J connectivity index is 1.92. The lowest BCUT2D eigenvalue weighted by Gasteiger charge is -2.20. The third-order valence-corrected chi connectivity index (χ3v) is 4.62. The van der Waals surface area contributed by atoms with E-state index in [4.69, 9.17) is 4.74 Å². The molecule has 4 rings (SSSR count).